The van der Waals surface area contributed by atoms with Crippen molar-refractivity contribution in [1.29, 1.82) is 0 Å². The summed E-state index contributed by atoms with van der Waals surface area (Å²) in [6, 6.07) is 0. The smallest absolute Gasteiger partial charge is 0.269 e. The molecule has 2 N–H and O–H groups in total. The number of carbonyl (C=O) groups is 2. The molecule has 4 aliphatic carbocycles. The standard InChI is InChI=1S/C21H29IN2O4/c1-20-7-5-12(25)9-16(20)17(24-28-11-19(27)23-22)10-13-14-3-4-18(26)21(14,2)8-6-15(13)20/h9,13-15,18,26H,3-8,10-11H2,1-2H3,(H,23,27)/b24-17+/t13?,14-,15-,18-,20+,21-/m0/s1. The fourth-order valence-electron chi connectivity index (χ4n) is 6.67. The van der Waals surface area contributed by atoms with Crippen LogP contribution >= 0.6 is 22.9 Å². The number of oxime groups is 1. The van der Waals surface area contributed by atoms with Gasteiger partial charge in [-0.25, -0.2) is 0 Å². The number of nitrogens with zero attached hydrogens (tertiary/aromatic N) is 1. The van der Waals surface area contributed by atoms with Crippen molar-refractivity contribution >= 4 is 40.3 Å². The van der Waals surface area contributed by atoms with E-state index in [1.54, 1.807) is 28.9 Å². The number of aliphatic hydroxyl groups excluding tert-OH is 1. The van der Waals surface area contributed by atoms with Crippen molar-refractivity contribution in [1.82, 2.24) is 3.53 Å². The second kappa shape index (κ2) is 7.38. The maximum absolute atomic E-state index is 12.2. The molecule has 3 saturated carbocycles. The number of carbonyl (C=O) groups excluding carboxylic acids is 2. The van der Waals surface area contributed by atoms with Crippen molar-refractivity contribution in [2.75, 3.05) is 6.61 Å². The van der Waals surface area contributed by atoms with E-state index in [0.29, 0.717) is 24.2 Å². The van der Waals surface area contributed by atoms with Crippen LogP contribution < -0.4 is 3.53 Å². The number of fused-ring (bicyclic) bond motifs is 5. The number of ketones is 1. The van der Waals surface area contributed by atoms with Gasteiger partial charge in [-0.15, -0.1) is 0 Å². The van der Waals surface area contributed by atoms with Crippen molar-refractivity contribution in [3.8, 4) is 0 Å². The summed E-state index contributed by atoms with van der Waals surface area (Å²) in [6.07, 6.45) is 7.81. The van der Waals surface area contributed by atoms with E-state index in [9.17, 15) is 14.7 Å². The minimum absolute atomic E-state index is 0.0176. The highest BCUT2D eigenvalue weighted by Gasteiger charge is 2.60. The summed E-state index contributed by atoms with van der Waals surface area (Å²) in [7, 11) is 0. The van der Waals surface area contributed by atoms with Crippen LogP contribution in [0, 0.1) is 28.6 Å². The van der Waals surface area contributed by atoms with Gasteiger partial charge in [-0.3, -0.25) is 13.1 Å². The molecule has 1 amide bonds. The van der Waals surface area contributed by atoms with Crippen LogP contribution in [0.5, 0.6) is 0 Å². The number of aliphatic hydroxyl groups is 1. The number of amides is 1. The summed E-state index contributed by atoms with van der Waals surface area (Å²) >= 11 is 1.78. The third-order valence-corrected chi connectivity index (χ3v) is 8.83. The summed E-state index contributed by atoms with van der Waals surface area (Å²) in [5.41, 5.74) is 1.74. The molecular weight excluding hydrogens is 471 g/mol. The van der Waals surface area contributed by atoms with Gasteiger partial charge in [0.15, 0.2) is 12.4 Å². The largest absolute Gasteiger partial charge is 0.393 e. The molecule has 3 fully saturated rings. The number of allylic oxidation sites excluding steroid dienone is 1. The Kier molecular flexibility index (Phi) is 5.35. The topological polar surface area (TPSA) is 88.0 Å². The number of hydrogen-bond acceptors (Lipinski definition) is 5. The lowest BCUT2D eigenvalue weighted by Gasteiger charge is -2.57. The lowest BCUT2D eigenvalue weighted by atomic mass is 9.47. The van der Waals surface area contributed by atoms with Crippen LogP contribution in [0.25, 0.3) is 0 Å². The van der Waals surface area contributed by atoms with Gasteiger partial charge in [0.25, 0.3) is 5.91 Å². The predicted molar refractivity (Wildman–Crippen MR) is 114 cm³/mol. The molecular formula is C21H29IN2O4. The third-order valence-electron chi connectivity index (χ3n) is 8.23. The first-order chi connectivity index (χ1) is 13.3. The Morgan fingerprint density at radius 1 is 1.32 bits per heavy atom. The zero-order valence-electron chi connectivity index (χ0n) is 16.5. The zero-order chi connectivity index (χ0) is 20.1. The van der Waals surface area contributed by atoms with Crippen LogP contribution in [-0.4, -0.2) is 35.2 Å². The molecule has 6 nitrogen and oxygen atoms in total. The summed E-state index contributed by atoms with van der Waals surface area (Å²) in [5, 5.41) is 15.0. The molecule has 0 saturated heterocycles. The monoisotopic (exact) mass is 500 g/mol. The molecule has 0 aliphatic heterocycles. The Hall–Kier alpha value is -0.960. The molecule has 4 rings (SSSR count). The molecule has 0 heterocycles. The lowest BCUT2D eigenvalue weighted by Crippen LogP contribution is -2.53. The van der Waals surface area contributed by atoms with Gasteiger partial charge >= 0.3 is 0 Å². The summed E-state index contributed by atoms with van der Waals surface area (Å²) < 4.78 is 2.50. The quantitative estimate of drug-likeness (QED) is 0.354. The van der Waals surface area contributed by atoms with Gasteiger partial charge in [-0.1, -0.05) is 19.0 Å². The molecule has 1 unspecified atom stereocenters. The van der Waals surface area contributed by atoms with Gasteiger partial charge in [-0.05, 0) is 78.8 Å². The van der Waals surface area contributed by atoms with Gasteiger partial charge in [0.05, 0.1) is 34.7 Å². The second-order valence-corrected chi connectivity index (χ2v) is 10.0. The van der Waals surface area contributed by atoms with Crippen LogP contribution in [0.1, 0.15) is 58.8 Å². The van der Waals surface area contributed by atoms with Crippen molar-refractivity contribution in [3.05, 3.63) is 11.6 Å². The number of rotatable bonds is 3. The van der Waals surface area contributed by atoms with E-state index in [4.69, 9.17) is 4.84 Å². The Labute approximate surface area is 180 Å². The fourth-order valence-corrected chi connectivity index (χ4v) is 6.82. The van der Waals surface area contributed by atoms with Crippen LogP contribution in [0.2, 0.25) is 0 Å². The van der Waals surface area contributed by atoms with Gasteiger partial charge in [0, 0.05) is 6.42 Å². The first-order valence-electron chi connectivity index (χ1n) is 10.3. The Bertz CT molecular complexity index is 751. The highest BCUT2D eigenvalue weighted by Crippen LogP contribution is 2.64. The number of halogens is 1. The average molecular weight is 500 g/mol. The van der Waals surface area contributed by atoms with Crippen LogP contribution in [0.15, 0.2) is 16.8 Å². The van der Waals surface area contributed by atoms with Crippen molar-refractivity contribution in [2.24, 2.45) is 33.7 Å². The normalized spacial score (nSPS) is 43.6. The number of nitrogens with one attached hydrogen (secondary N) is 1. The van der Waals surface area contributed by atoms with E-state index >= 15 is 0 Å². The molecule has 0 spiro atoms. The van der Waals surface area contributed by atoms with Gasteiger partial charge < -0.3 is 9.94 Å². The number of hydrogen-bond donors (Lipinski definition) is 2. The van der Waals surface area contributed by atoms with Crippen molar-refractivity contribution in [3.63, 3.8) is 0 Å². The molecule has 0 bridgehead atoms. The molecule has 28 heavy (non-hydrogen) atoms. The third kappa shape index (κ3) is 3.13. The minimum atomic E-state index is -0.237. The van der Waals surface area contributed by atoms with Gasteiger partial charge in [-0.2, -0.15) is 0 Å². The minimum Gasteiger partial charge on any atom is -0.393 e. The highest BCUT2D eigenvalue weighted by molar-refractivity contribution is 14.1. The Morgan fingerprint density at radius 2 is 2.11 bits per heavy atom. The molecule has 0 aromatic heterocycles. The summed E-state index contributed by atoms with van der Waals surface area (Å²) in [4.78, 5) is 29.1. The Morgan fingerprint density at radius 3 is 2.86 bits per heavy atom. The van der Waals surface area contributed by atoms with Crippen molar-refractivity contribution in [2.45, 2.75) is 64.9 Å². The SMILES string of the molecule is C[C@]12CC[C@H]3C(C/C(=N\OCC(=O)NI)C4=CC(=O)CC[C@@]43C)[C@@H]1CC[C@@H]2O. The van der Waals surface area contributed by atoms with Crippen molar-refractivity contribution < 1.29 is 19.5 Å². The lowest BCUT2D eigenvalue weighted by molar-refractivity contribution is -0.123. The predicted octanol–water partition coefficient (Wildman–Crippen LogP) is 3.33. The van der Waals surface area contributed by atoms with E-state index in [-0.39, 0.29) is 35.2 Å². The molecule has 0 aromatic carbocycles. The van der Waals surface area contributed by atoms with E-state index in [1.165, 1.54) is 0 Å². The van der Waals surface area contributed by atoms with Crippen LogP contribution in [0.4, 0.5) is 0 Å². The molecule has 4 aliphatic rings. The molecule has 154 valence electrons. The highest BCUT2D eigenvalue weighted by atomic mass is 127. The fraction of sp³-hybridized carbons (Fsp3) is 0.762. The molecule has 7 heteroatoms. The summed E-state index contributed by atoms with van der Waals surface area (Å²) in [6.45, 7) is 4.41. The first kappa shape index (κ1) is 20.3. The average Bonchev–Trinajstić information content (AvgIpc) is 2.98. The molecule has 0 radical (unpaired) electrons. The van der Waals surface area contributed by atoms with E-state index in [2.05, 4.69) is 22.5 Å². The first-order valence-corrected chi connectivity index (χ1v) is 11.4. The van der Waals surface area contributed by atoms with E-state index < -0.39 is 0 Å². The van der Waals surface area contributed by atoms with E-state index in [0.717, 1.165) is 49.8 Å². The second-order valence-electron chi connectivity index (χ2n) is 9.49. The Balaban J connectivity index is 1.68. The van der Waals surface area contributed by atoms with Gasteiger partial charge in [0.1, 0.15) is 0 Å². The van der Waals surface area contributed by atoms with E-state index in [1.807, 2.05) is 0 Å². The zero-order valence-corrected chi connectivity index (χ0v) is 18.7. The van der Waals surface area contributed by atoms with Crippen LogP contribution in [-0.2, 0) is 14.4 Å². The summed E-state index contributed by atoms with van der Waals surface area (Å²) in [5.74, 6) is 1.33. The van der Waals surface area contributed by atoms with Crippen LogP contribution in [0.3, 0.4) is 0 Å². The van der Waals surface area contributed by atoms with Gasteiger partial charge in [0.2, 0.25) is 0 Å². The molecule has 0 aromatic rings. The maximum Gasteiger partial charge on any atom is 0.269 e. The molecule has 6 atom stereocenters. The maximum atomic E-state index is 12.2.